The molecule has 160 valence electrons. The van der Waals surface area contributed by atoms with E-state index in [2.05, 4.69) is 32.2 Å². The van der Waals surface area contributed by atoms with Crippen LogP contribution in [0.25, 0.3) is 0 Å². The van der Waals surface area contributed by atoms with Gasteiger partial charge in [-0.15, -0.1) is 0 Å². The van der Waals surface area contributed by atoms with Crippen molar-refractivity contribution in [2.24, 2.45) is 17.3 Å². The quantitative estimate of drug-likeness (QED) is 0.710. The van der Waals surface area contributed by atoms with Crippen molar-refractivity contribution in [2.45, 2.75) is 63.8 Å². The van der Waals surface area contributed by atoms with Gasteiger partial charge in [0.1, 0.15) is 17.9 Å². The maximum Gasteiger partial charge on any atom is 0.226 e. The smallest absolute Gasteiger partial charge is 0.226 e. The standard InChI is InChI=1S/C24H32N4O2/c1-17-26-16-28(27-17)24-13-19-10-20(14-24)12-23(11-19,15-24)22(29)25-9-3-4-18-5-7-21(30-2)8-6-18/h5-8,16,19-20H,3-4,9-15H2,1-2H3,(H,25,29)/t19-,20-,23?,24?/m0/s1. The van der Waals surface area contributed by atoms with Gasteiger partial charge in [-0.1, -0.05) is 12.1 Å². The number of ether oxygens (including phenoxy) is 1. The number of amides is 1. The van der Waals surface area contributed by atoms with Crippen LogP contribution in [0.4, 0.5) is 0 Å². The summed E-state index contributed by atoms with van der Waals surface area (Å²) in [5, 5.41) is 7.97. The number of carbonyl (C=O) groups is 1. The molecule has 0 aliphatic heterocycles. The van der Waals surface area contributed by atoms with E-state index in [0.29, 0.717) is 11.8 Å². The monoisotopic (exact) mass is 408 g/mol. The molecule has 4 aliphatic rings. The zero-order chi connectivity index (χ0) is 20.8. The van der Waals surface area contributed by atoms with Gasteiger partial charge in [-0.05, 0) is 87.8 Å². The van der Waals surface area contributed by atoms with E-state index in [1.54, 1.807) is 7.11 Å². The summed E-state index contributed by atoms with van der Waals surface area (Å²) < 4.78 is 7.32. The van der Waals surface area contributed by atoms with Crippen LogP contribution >= 0.6 is 0 Å². The number of nitrogens with zero attached hydrogens (tertiary/aromatic N) is 3. The largest absolute Gasteiger partial charge is 0.497 e. The van der Waals surface area contributed by atoms with Crippen LogP contribution in [0.15, 0.2) is 30.6 Å². The third-order valence-corrected chi connectivity index (χ3v) is 7.69. The summed E-state index contributed by atoms with van der Waals surface area (Å²) in [5.41, 5.74) is 1.05. The van der Waals surface area contributed by atoms with E-state index in [1.165, 1.54) is 12.0 Å². The SMILES string of the molecule is COc1ccc(CCCNC(=O)C23C[C@@H]4C[C@@H](C2)CC(n2cnc(C)n2)(C4)C3)cc1. The molecule has 1 aromatic heterocycles. The first-order chi connectivity index (χ1) is 14.5. The van der Waals surface area contributed by atoms with Crippen molar-refractivity contribution in [2.75, 3.05) is 13.7 Å². The minimum Gasteiger partial charge on any atom is -0.497 e. The van der Waals surface area contributed by atoms with Crippen LogP contribution in [-0.2, 0) is 16.8 Å². The maximum atomic E-state index is 13.4. The fourth-order valence-electron chi connectivity index (χ4n) is 6.80. The molecule has 0 radical (unpaired) electrons. The van der Waals surface area contributed by atoms with Gasteiger partial charge >= 0.3 is 0 Å². The minimum absolute atomic E-state index is 0.00816. The first-order valence-electron chi connectivity index (χ1n) is 11.3. The zero-order valence-corrected chi connectivity index (χ0v) is 18.1. The van der Waals surface area contributed by atoms with Gasteiger partial charge in [0.25, 0.3) is 0 Å². The van der Waals surface area contributed by atoms with E-state index in [9.17, 15) is 4.79 Å². The van der Waals surface area contributed by atoms with Crippen molar-refractivity contribution in [3.63, 3.8) is 0 Å². The van der Waals surface area contributed by atoms with E-state index in [-0.39, 0.29) is 16.9 Å². The summed E-state index contributed by atoms with van der Waals surface area (Å²) in [6, 6.07) is 8.19. The summed E-state index contributed by atoms with van der Waals surface area (Å²) >= 11 is 0. The molecular formula is C24H32N4O2. The minimum atomic E-state index is -0.218. The number of hydrogen-bond acceptors (Lipinski definition) is 4. The Morgan fingerprint density at radius 2 is 1.93 bits per heavy atom. The molecule has 2 aromatic rings. The number of aryl methyl sites for hydroxylation is 2. The fourth-order valence-corrected chi connectivity index (χ4v) is 6.80. The highest BCUT2D eigenvalue weighted by Gasteiger charge is 2.61. The van der Waals surface area contributed by atoms with Gasteiger partial charge in [0.05, 0.1) is 18.1 Å². The van der Waals surface area contributed by atoms with Gasteiger partial charge in [-0.25, -0.2) is 9.67 Å². The van der Waals surface area contributed by atoms with Crippen LogP contribution < -0.4 is 10.1 Å². The van der Waals surface area contributed by atoms with E-state index in [4.69, 9.17) is 4.74 Å². The van der Waals surface area contributed by atoms with Crippen molar-refractivity contribution in [3.05, 3.63) is 42.0 Å². The molecule has 0 spiro atoms. The molecular weight excluding hydrogens is 376 g/mol. The average Bonchev–Trinajstić information content (AvgIpc) is 3.18. The van der Waals surface area contributed by atoms with Crippen molar-refractivity contribution >= 4 is 5.91 Å². The summed E-state index contributed by atoms with van der Waals surface area (Å²) in [6.07, 6.45) is 10.4. The number of hydrogen-bond donors (Lipinski definition) is 1. The number of carbonyl (C=O) groups excluding carboxylic acids is 1. The normalized spacial score (nSPS) is 31.7. The molecule has 0 unspecified atom stereocenters. The van der Waals surface area contributed by atoms with Gasteiger partial charge in [0.15, 0.2) is 0 Å². The Morgan fingerprint density at radius 1 is 1.20 bits per heavy atom. The zero-order valence-electron chi connectivity index (χ0n) is 18.1. The van der Waals surface area contributed by atoms with Gasteiger partial charge in [0.2, 0.25) is 5.91 Å². The lowest BCUT2D eigenvalue weighted by atomic mass is 9.46. The summed E-state index contributed by atoms with van der Waals surface area (Å²) in [6.45, 7) is 2.68. The van der Waals surface area contributed by atoms with Crippen molar-refractivity contribution in [1.82, 2.24) is 20.1 Å². The number of rotatable bonds is 7. The predicted molar refractivity (Wildman–Crippen MR) is 114 cm³/mol. The molecule has 1 amide bonds. The Labute approximate surface area is 178 Å². The Bertz CT molecular complexity index is 906. The van der Waals surface area contributed by atoms with Crippen LogP contribution in [-0.4, -0.2) is 34.3 Å². The van der Waals surface area contributed by atoms with Crippen molar-refractivity contribution < 1.29 is 9.53 Å². The lowest BCUT2D eigenvalue weighted by Gasteiger charge is -2.60. The highest BCUT2D eigenvalue weighted by atomic mass is 16.5. The predicted octanol–water partition coefficient (Wildman–Crippen LogP) is 3.64. The van der Waals surface area contributed by atoms with Crippen LogP contribution in [0.1, 0.15) is 56.3 Å². The second-order valence-electron chi connectivity index (χ2n) is 9.91. The number of methoxy groups -OCH3 is 1. The highest BCUT2D eigenvalue weighted by Crippen LogP contribution is 2.64. The number of nitrogens with one attached hydrogen (secondary N) is 1. The lowest BCUT2D eigenvalue weighted by Crippen LogP contribution is -2.61. The van der Waals surface area contributed by atoms with Gasteiger partial charge < -0.3 is 10.1 Å². The fraction of sp³-hybridized carbons (Fsp3) is 0.625. The van der Waals surface area contributed by atoms with Crippen molar-refractivity contribution in [3.8, 4) is 5.75 Å². The first kappa shape index (κ1) is 19.6. The molecule has 4 saturated carbocycles. The molecule has 0 saturated heterocycles. The molecule has 6 rings (SSSR count). The lowest BCUT2D eigenvalue weighted by molar-refractivity contribution is -0.156. The third-order valence-electron chi connectivity index (χ3n) is 7.69. The summed E-state index contributed by atoms with van der Waals surface area (Å²) in [7, 11) is 1.68. The topological polar surface area (TPSA) is 69.0 Å². The molecule has 6 nitrogen and oxygen atoms in total. The Morgan fingerprint density at radius 3 is 2.57 bits per heavy atom. The van der Waals surface area contributed by atoms with Gasteiger partial charge in [-0.2, -0.15) is 5.10 Å². The van der Waals surface area contributed by atoms with Crippen molar-refractivity contribution in [1.29, 1.82) is 0 Å². The van der Waals surface area contributed by atoms with Crippen LogP contribution in [0.3, 0.4) is 0 Å². The molecule has 1 aromatic carbocycles. The molecule has 4 fully saturated rings. The second-order valence-corrected chi connectivity index (χ2v) is 9.91. The van der Waals surface area contributed by atoms with E-state index < -0.39 is 0 Å². The Hall–Kier alpha value is -2.37. The molecule has 4 aliphatic carbocycles. The van der Waals surface area contributed by atoms with Crippen LogP contribution in [0, 0.1) is 24.2 Å². The molecule has 30 heavy (non-hydrogen) atoms. The molecule has 4 bridgehead atoms. The summed E-state index contributed by atoms with van der Waals surface area (Å²) in [4.78, 5) is 17.8. The second kappa shape index (κ2) is 7.40. The Balaban J connectivity index is 1.23. The van der Waals surface area contributed by atoms with Gasteiger partial charge in [-0.3, -0.25) is 4.79 Å². The van der Waals surface area contributed by atoms with E-state index in [1.807, 2.05) is 25.4 Å². The Kier molecular flexibility index (Phi) is 4.83. The maximum absolute atomic E-state index is 13.4. The third kappa shape index (κ3) is 3.40. The van der Waals surface area contributed by atoms with Gasteiger partial charge in [0, 0.05) is 6.54 Å². The highest BCUT2D eigenvalue weighted by molar-refractivity contribution is 5.83. The number of benzene rings is 1. The molecule has 1 heterocycles. The van der Waals surface area contributed by atoms with Crippen LogP contribution in [0.2, 0.25) is 0 Å². The van der Waals surface area contributed by atoms with E-state index >= 15 is 0 Å². The molecule has 1 N–H and O–H groups in total. The number of aromatic nitrogens is 3. The van der Waals surface area contributed by atoms with E-state index in [0.717, 1.165) is 63.1 Å². The molecule has 6 heteroatoms. The molecule has 2 atom stereocenters. The first-order valence-corrected chi connectivity index (χ1v) is 11.3. The average molecular weight is 409 g/mol. The van der Waals surface area contributed by atoms with Crippen LogP contribution in [0.5, 0.6) is 5.75 Å². The summed E-state index contributed by atoms with van der Waals surface area (Å²) in [5.74, 6) is 3.25.